The minimum Gasteiger partial charge on any atom is -0.372 e. The van der Waals surface area contributed by atoms with Gasteiger partial charge < -0.3 is 15.5 Å². The molecule has 2 aromatic rings. The molecule has 0 bridgehead atoms. The van der Waals surface area contributed by atoms with Crippen LogP contribution in [0.5, 0.6) is 0 Å². The van der Waals surface area contributed by atoms with E-state index in [1.54, 1.807) is 0 Å². The first-order chi connectivity index (χ1) is 12.7. The molecular formula is C21H26ClN3O. The Hall–Kier alpha value is -2.04. The van der Waals surface area contributed by atoms with Gasteiger partial charge in [-0.1, -0.05) is 23.7 Å². The molecule has 3 rings (SSSR count). The zero-order chi connectivity index (χ0) is 18.2. The van der Waals surface area contributed by atoms with Crippen LogP contribution < -0.4 is 15.5 Å². The molecule has 1 aliphatic rings. The van der Waals surface area contributed by atoms with Crippen molar-refractivity contribution in [1.82, 2.24) is 5.32 Å². The van der Waals surface area contributed by atoms with Crippen LogP contribution in [0, 0.1) is 0 Å². The summed E-state index contributed by atoms with van der Waals surface area (Å²) in [6.45, 7) is 3.76. The number of nitrogens with one attached hydrogen (secondary N) is 2. The molecular weight excluding hydrogens is 346 g/mol. The summed E-state index contributed by atoms with van der Waals surface area (Å²) in [5, 5.41) is 7.03. The van der Waals surface area contributed by atoms with Crippen molar-refractivity contribution in [3.8, 4) is 0 Å². The van der Waals surface area contributed by atoms with Gasteiger partial charge in [-0.25, -0.2) is 0 Å². The molecule has 1 saturated heterocycles. The second kappa shape index (κ2) is 9.60. The summed E-state index contributed by atoms with van der Waals surface area (Å²) in [4.78, 5) is 14.4. The lowest BCUT2D eigenvalue weighted by atomic mass is 10.1. The molecule has 0 unspecified atom stereocenters. The van der Waals surface area contributed by atoms with Crippen LogP contribution in [-0.2, 0) is 11.2 Å². The molecule has 4 nitrogen and oxygen atoms in total. The number of carbonyl (C=O) groups excluding carboxylic acids is 1. The molecule has 138 valence electrons. The Morgan fingerprint density at radius 3 is 2.54 bits per heavy atom. The predicted octanol–water partition coefficient (Wildman–Crippen LogP) is 4.10. The molecule has 0 saturated carbocycles. The summed E-state index contributed by atoms with van der Waals surface area (Å²) >= 11 is 5.97. The van der Waals surface area contributed by atoms with Crippen LogP contribution in [0.2, 0.25) is 5.02 Å². The Morgan fingerprint density at radius 1 is 1.04 bits per heavy atom. The van der Waals surface area contributed by atoms with Crippen LogP contribution >= 0.6 is 11.6 Å². The fraction of sp³-hybridized carbons (Fsp3) is 0.381. The van der Waals surface area contributed by atoms with Crippen LogP contribution in [-0.4, -0.2) is 32.1 Å². The highest BCUT2D eigenvalue weighted by Crippen LogP contribution is 2.22. The molecule has 26 heavy (non-hydrogen) atoms. The lowest BCUT2D eigenvalue weighted by Gasteiger charge is -2.17. The van der Waals surface area contributed by atoms with Gasteiger partial charge in [0.15, 0.2) is 0 Å². The number of amides is 1. The molecule has 1 heterocycles. The zero-order valence-corrected chi connectivity index (χ0v) is 15.8. The van der Waals surface area contributed by atoms with Crippen molar-refractivity contribution in [3.05, 3.63) is 59.1 Å². The van der Waals surface area contributed by atoms with Gasteiger partial charge in [0.1, 0.15) is 0 Å². The first-order valence-corrected chi connectivity index (χ1v) is 9.68. The second-order valence-electron chi connectivity index (χ2n) is 6.67. The highest BCUT2D eigenvalue weighted by molar-refractivity contribution is 6.30. The molecule has 1 fully saturated rings. The number of nitrogens with zero attached hydrogens (tertiary/aromatic N) is 1. The van der Waals surface area contributed by atoms with E-state index in [-0.39, 0.29) is 5.91 Å². The fourth-order valence-electron chi connectivity index (χ4n) is 3.21. The van der Waals surface area contributed by atoms with Crippen LogP contribution in [0.3, 0.4) is 0 Å². The minimum atomic E-state index is 0.0363. The highest BCUT2D eigenvalue weighted by atomic mass is 35.5. The van der Waals surface area contributed by atoms with Crippen LogP contribution in [0.1, 0.15) is 24.8 Å². The summed E-state index contributed by atoms with van der Waals surface area (Å²) < 4.78 is 0. The van der Waals surface area contributed by atoms with E-state index in [9.17, 15) is 4.79 Å². The average Bonchev–Trinajstić information content (AvgIpc) is 3.17. The zero-order valence-electron chi connectivity index (χ0n) is 15.0. The lowest BCUT2D eigenvalue weighted by Crippen LogP contribution is -2.23. The first kappa shape index (κ1) is 18.7. The Balaban J connectivity index is 1.33. The maximum atomic E-state index is 12.1. The first-order valence-electron chi connectivity index (χ1n) is 9.31. The summed E-state index contributed by atoms with van der Waals surface area (Å²) in [6.07, 6.45) is 3.90. The van der Waals surface area contributed by atoms with E-state index in [1.165, 1.54) is 24.1 Å². The second-order valence-corrected chi connectivity index (χ2v) is 7.11. The molecule has 0 aromatic heterocycles. The van der Waals surface area contributed by atoms with Gasteiger partial charge in [-0.3, -0.25) is 4.79 Å². The highest BCUT2D eigenvalue weighted by Gasteiger charge is 2.12. The van der Waals surface area contributed by atoms with Gasteiger partial charge in [0.2, 0.25) is 5.91 Å². The van der Waals surface area contributed by atoms with Crippen molar-refractivity contribution >= 4 is 28.9 Å². The van der Waals surface area contributed by atoms with Crippen molar-refractivity contribution in [2.45, 2.75) is 25.7 Å². The van der Waals surface area contributed by atoms with Gasteiger partial charge in [-0.05, 0) is 67.8 Å². The third-order valence-electron chi connectivity index (χ3n) is 4.63. The van der Waals surface area contributed by atoms with E-state index in [0.29, 0.717) is 13.0 Å². The number of carbonyl (C=O) groups is 1. The third-order valence-corrected chi connectivity index (χ3v) is 4.87. The number of anilines is 2. The van der Waals surface area contributed by atoms with Gasteiger partial charge in [-0.2, -0.15) is 0 Å². The Labute approximate surface area is 160 Å². The van der Waals surface area contributed by atoms with Crippen molar-refractivity contribution < 1.29 is 4.79 Å². The molecule has 1 aliphatic heterocycles. The maximum absolute atomic E-state index is 12.1. The van der Waals surface area contributed by atoms with E-state index < -0.39 is 0 Å². The normalized spacial score (nSPS) is 13.8. The largest absolute Gasteiger partial charge is 0.372 e. The topological polar surface area (TPSA) is 44.4 Å². The number of benzene rings is 2. The standard InChI is InChI=1S/C21H26ClN3O/c22-18-5-3-4-17(16-18)10-12-23-13-11-21(26)24-19-6-8-20(9-7-19)25-14-1-2-15-25/h3-9,16,23H,1-2,10-15H2,(H,24,26). The van der Waals surface area contributed by atoms with Crippen molar-refractivity contribution in [3.63, 3.8) is 0 Å². The molecule has 1 amide bonds. The van der Waals surface area contributed by atoms with Crippen LogP contribution in [0.4, 0.5) is 11.4 Å². The van der Waals surface area contributed by atoms with Gasteiger partial charge in [0, 0.05) is 42.5 Å². The molecule has 0 radical (unpaired) electrons. The van der Waals surface area contributed by atoms with Gasteiger partial charge >= 0.3 is 0 Å². The van der Waals surface area contributed by atoms with Gasteiger partial charge in [0.05, 0.1) is 0 Å². The molecule has 2 N–H and O–H groups in total. The van der Waals surface area contributed by atoms with Crippen LogP contribution in [0.25, 0.3) is 0 Å². The molecule has 0 aliphatic carbocycles. The van der Waals surface area contributed by atoms with E-state index in [0.717, 1.165) is 36.8 Å². The smallest absolute Gasteiger partial charge is 0.225 e. The molecule has 5 heteroatoms. The lowest BCUT2D eigenvalue weighted by molar-refractivity contribution is -0.116. The molecule has 2 aromatic carbocycles. The monoisotopic (exact) mass is 371 g/mol. The van der Waals surface area contributed by atoms with Crippen molar-refractivity contribution in [1.29, 1.82) is 0 Å². The van der Waals surface area contributed by atoms with Gasteiger partial charge in [-0.15, -0.1) is 0 Å². The number of rotatable bonds is 8. The predicted molar refractivity (Wildman–Crippen MR) is 109 cm³/mol. The summed E-state index contributed by atoms with van der Waals surface area (Å²) in [5.74, 6) is 0.0363. The van der Waals surface area contributed by atoms with E-state index in [4.69, 9.17) is 11.6 Å². The molecule has 0 spiro atoms. The van der Waals surface area contributed by atoms with Crippen molar-refractivity contribution in [2.75, 3.05) is 36.4 Å². The summed E-state index contributed by atoms with van der Waals surface area (Å²) in [6, 6.07) is 16.0. The number of halogens is 1. The quantitative estimate of drug-likeness (QED) is 0.686. The number of hydrogen-bond acceptors (Lipinski definition) is 3. The maximum Gasteiger partial charge on any atom is 0.225 e. The average molecular weight is 372 g/mol. The fourth-order valence-corrected chi connectivity index (χ4v) is 3.42. The van der Waals surface area contributed by atoms with Gasteiger partial charge in [0.25, 0.3) is 0 Å². The van der Waals surface area contributed by atoms with Crippen LogP contribution in [0.15, 0.2) is 48.5 Å². The van der Waals surface area contributed by atoms with Crippen molar-refractivity contribution in [2.24, 2.45) is 0 Å². The van der Waals surface area contributed by atoms with E-state index in [1.807, 2.05) is 30.3 Å². The minimum absolute atomic E-state index is 0.0363. The van der Waals surface area contributed by atoms with E-state index >= 15 is 0 Å². The summed E-state index contributed by atoms with van der Waals surface area (Å²) in [7, 11) is 0. The Kier molecular flexibility index (Phi) is 6.92. The third kappa shape index (κ3) is 5.75. The number of hydrogen-bond donors (Lipinski definition) is 2. The molecule has 0 atom stereocenters. The Morgan fingerprint density at radius 2 is 1.81 bits per heavy atom. The van der Waals surface area contributed by atoms with E-state index in [2.05, 4.69) is 33.7 Å². The summed E-state index contributed by atoms with van der Waals surface area (Å²) in [5.41, 5.74) is 3.30. The Bertz CT molecular complexity index is 711. The SMILES string of the molecule is O=C(CCNCCc1cccc(Cl)c1)Nc1ccc(N2CCCC2)cc1.